The minimum Gasteiger partial charge on any atom is -0.328 e. The molecule has 1 unspecified atom stereocenters. The SMILES string of the molecule is O=[N+]([O-])O.c1ccc2c(c1)CCCN1CCCC21. The average Bonchev–Trinajstić information content (AvgIpc) is 2.71. The van der Waals surface area contributed by atoms with E-state index >= 15 is 0 Å². The number of fused-ring (bicyclic) bond motifs is 3. The topological polar surface area (TPSA) is 66.6 Å². The second-order valence-corrected chi connectivity index (χ2v) is 4.73. The molecule has 1 atom stereocenters. The van der Waals surface area contributed by atoms with Crippen molar-refractivity contribution in [3.63, 3.8) is 0 Å². The first-order valence-corrected chi connectivity index (χ1v) is 6.33. The van der Waals surface area contributed by atoms with Gasteiger partial charge >= 0.3 is 0 Å². The van der Waals surface area contributed by atoms with Crippen LogP contribution in [-0.4, -0.2) is 28.3 Å². The third-order valence-electron chi connectivity index (χ3n) is 3.67. The molecule has 1 aromatic rings. The number of rotatable bonds is 0. The van der Waals surface area contributed by atoms with Crippen molar-refractivity contribution in [3.05, 3.63) is 45.5 Å². The summed E-state index contributed by atoms with van der Waals surface area (Å²) in [5.41, 5.74) is 3.21. The summed E-state index contributed by atoms with van der Waals surface area (Å²) < 4.78 is 0. The van der Waals surface area contributed by atoms with E-state index < -0.39 is 5.09 Å². The fourth-order valence-electron chi connectivity index (χ4n) is 3.01. The van der Waals surface area contributed by atoms with Crippen LogP contribution in [0.25, 0.3) is 0 Å². The van der Waals surface area contributed by atoms with Crippen molar-refractivity contribution in [1.29, 1.82) is 0 Å². The molecule has 0 amide bonds. The maximum atomic E-state index is 8.36. The van der Waals surface area contributed by atoms with Gasteiger partial charge in [0.1, 0.15) is 0 Å². The Labute approximate surface area is 106 Å². The van der Waals surface area contributed by atoms with Gasteiger partial charge in [0.2, 0.25) is 0 Å². The molecule has 3 rings (SSSR count). The molecule has 1 fully saturated rings. The zero-order valence-corrected chi connectivity index (χ0v) is 10.3. The van der Waals surface area contributed by atoms with Crippen molar-refractivity contribution in [2.45, 2.75) is 31.7 Å². The van der Waals surface area contributed by atoms with Crippen LogP contribution in [-0.2, 0) is 6.42 Å². The van der Waals surface area contributed by atoms with E-state index in [1.54, 1.807) is 11.1 Å². The molecular formula is C13H18N2O3. The molecule has 0 bridgehead atoms. The molecular weight excluding hydrogens is 232 g/mol. The lowest BCUT2D eigenvalue weighted by atomic mass is 9.98. The second-order valence-electron chi connectivity index (χ2n) is 4.73. The number of hydrogen-bond acceptors (Lipinski definition) is 3. The molecule has 0 aromatic heterocycles. The van der Waals surface area contributed by atoms with E-state index in [1.807, 2.05) is 0 Å². The fraction of sp³-hybridized carbons (Fsp3) is 0.538. The minimum absolute atomic E-state index is 0.744. The Morgan fingerprint density at radius 2 is 1.94 bits per heavy atom. The third kappa shape index (κ3) is 2.98. The smallest absolute Gasteiger partial charge is 0.291 e. The van der Waals surface area contributed by atoms with Gasteiger partial charge < -0.3 is 5.21 Å². The summed E-state index contributed by atoms with van der Waals surface area (Å²) in [5, 5.41) is 13.6. The summed E-state index contributed by atoms with van der Waals surface area (Å²) in [6.45, 7) is 2.62. The number of hydrogen-bond donors (Lipinski definition) is 1. The van der Waals surface area contributed by atoms with Gasteiger partial charge in [-0.3, -0.25) is 4.90 Å². The molecule has 1 N–H and O–H groups in total. The van der Waals surface area contributed by atoms with E-state index in [0.29, 0.717) is 0 Å². The highest BCUT2D eigenvalue weighted by atomic mass is 16.9. The summed E-state index contributed by atoms with van der Waals surface area (Å²) in [5.74, 6) is 0. The average molecular weight is 250 g/mol. The lowest BCUT2D eigenvalue weighted by Crippen LogP contribution is -2.22. The predicted molar refractivity (Wildman–Crippen MR) is 67.1 cm³/mol. The van der Waals surface area contributed by atoms with Crippen molar-refractivity contribution >= 4 is 0 Å². The van der Waals surface area contributed by atoms with Crippen LogP contribution in [0.2, 0.25) is 0 Å². The van der Waals surface area contributed by atoms with Crippen molar-refractivity contribution < 1.29 is 10.3 Å². The Bertz CT molecular complexity index is 418. The molecule has 18 heavy (non-hydrogen) atoms. The molecule has 2 heterocycles. The van der Waals surface area contributed by atoms with Crippen LogP contribution in [0.5, 0.6) is 0 Å². The molecule has 5 nitrogen and oxygen atoms in total. The zero-order valence-electron chi connectivity index (χ0n) is 10.3. The van der Waals surface area contributed by atoms with Crippen molar-refractivity contribution in [2.75, 3.05) is 13.1 Å². The maximum Gasteiger partial charge on any atom is 0.291 e. The fourth-order valence-corrected chi connectivity index (χ4v) is 3.01. The van der Waals surface area contributed by atoms with Crippen LogP contribution < -0.4 is 0 Å². The van der Waals surface area contributed by atoms with Crippen LogP contribution in [0.4, 0.5) is 0 Å². The molecule has 1 aromatic carbocycles. The normalized spacial score (nSPS) is 22.1. The summed E-state index contributed by atoms with van der Waals surface area (Å²) in [6, 6.07) is 9.78. The van der Waals surface area contributed by atoms with Gasteiger partial charge in [-0.15, -0.1) is 10.1 Å². The number of aryl methyl sites for hydroxylation is 1. The lowest BCUT2D eigenvalue weighted by molar-refractivity contribution is -0.742. The third-order valence-corrected chi connectivity index (χ3v) is 3.67. The van der Waals surface area contributed by atoms with Gasteiger partial charge in [-0.2, -0.15) is 0 Å². The van der Waals surface area contributed by atoms with Gasteiger partial charge in [-0.1, -0.05) is 24.3 Å². The van der Waals surface area contributed by atoms with Crippen LogP contribution >= 0.6 is 0 Å². The maximum absolute atomic E-state index is 8.36. The van der Waals surface area contributed by atoms with E-state index in [-0.39, 0.29) is 0 Å². The van der Waals surface area contributed by atoms with Crippen LogP contribution in [0.15, 0.2) is 24.3 Å². The highest BCUT2D eigenvalue weighted by molar-refractivity contribution is 5.31. The van der Waals surface area contributed by atoms with Gasteiger partial charge in [-0.05, 0) is 49.9 Å². The molecule has 2 aliphatic rings. The van der Waals surface area contributed by atoms with Crippen molar-refractivity contribution in [1.82, 2.24) is 4.90 Å². The summed E-state index contributed by atoms with van der Waals surface area (Å²) in [7, 11) is 0. The molecule has 1 saturated heterocycles. The summed E-state index contributed by atoms with van der Waals surface area (Å²) >= 11 is 0. The van der Waals surface area contributed by atoms with E-state index in [9.17, 15) is 0 Å². The van der Waals surface area contributed by atoms with Gasteiger partial charge in [-0.25, -0.2) is 0 Å². The van der Waals surface area contributed by atoms with E-state index in [2.05, 4.69) is 29.2 Å². The summed E-state index contributed by atoms with van der Waals surface area (Å²) in [4.78, 5) is 11.0. The van der Waals surface area contributed by atoms with Crippen molar-refractivity contribution in [2.24, 2.45) is 0 Å². The zero-order chi connectivity index (χ0) is 13.0. The minimum atomic E-state index is -1.50. The molecule has 0 saturated carbocycles. The largest absolute Gasteiger partial charge is 0.328 e. The molecule has 0 spiro atoms. The Kier molecular flexibility index (Phi) is 4.15. The van der Waals surface area contributed by atoms with Gasteiger partial charge in [0.25, 0.3) is 5.09 Å². The van der Waals surface area contributed by atoms with E-state index in [0.717, 1.165) is 6.04 Å². The van der Waals surface area contributed by atoms with Crippen LogP contribution in [0.1, 0.15) is 36.4 Å². The highest BCUT2D eigenvalue weighted by Gasteiger charge is 2.28. The predicted octanol–water partition coefficient (Wildman–Crippen LogP) is 2.42. The van der Waals surface area contributed by atoms with E-state index in [1.165, 1.54) is 38.8 Å². The quantitative estimate of drug-likeness (QED) is 0.567. The van der Waals surface area contributed by atoms with Gasteiger partial charge in [0.05, 0.1) is 0 Å². The van der Waals surface area contributed by atoms with E-state index in [4.69, 9.17) is 15.3 Å². The van der Waals surface area contributed by atoms with Crippen LogP contribution in [0.3, 0.4) is 0 Å². The standard InChI is InChI=1S/C13H17N.HNO3/c1-2-7-12-11(5-1)6-3-9-14-10-4-8-13(12)14;2-1(3)4/h1-2,5,7,13H,3-4,6,8-10H2;(H,2,3,4). The Balaban J connectivity index is 0.000000267. The Morgan fingerprint density at radius 1 is 1.28 bits per heavy atom. The molecule has 0 aliphatic carbocycles. The molecule has 0 radical (unpaired) electrons. The van der Waals surface area contributed by atoms with Crippen molar-refractivity contribution in [3.8, 4) is 0 Å². The first-order valence-electron chi connectivity index (χ1n) is 6.33. The number of nitrogens with zero attached hydrogens (tertiary/aromatic N) is 2. The first kappa shape index (κ1) is 12.8. The van der Waals surface area contributed by atoms with Gasteiger partial charge in [0, 0.05) is 6.04 Å². The monoisotopic (exact) mass is 250 g/mol. The Morgan fingerprint density at radius 3 is 2.72 bits per heavy atom. The Hall–Kier alpha value is -1.62. The summed E-state index contributed by atoms with van der Waals surface area (Å²) in [6.07, 6.45) is 5.38. The van der Waals surface area contributed by atoms with Gasteiger partial charge in [0.15, 0.2) is 0 Å². The molecule has 98 valence electrons. The highest BCUT2D eigenvalue weighted by Crippen LogP contribution is 2.36. The first-order chi connectivity index (χ1) is 8.68. The lowest BCUT2D eigenvalue weighted by Gasteiger charge is -2.22. The second kappa shape index (κ2) is 5.82. The van der Waals surface area contributed by atoms with Crippen LogP contribution in [0, 0.1) is 10.1 Å². The number of benzene rings is 1. The molecule has 2 aliphatic heterocycles. The molecule has 5 heteroatoms.